The molecule has 7 heteroatoms. The Labute approximate surface area is 142 Å². The van der Waals surface area contributed by atoms with E-state index < -0.39 is 9.84 Å². The van der Waals surface area contributed by atoms with E-state index in [9.17, 15) is 8.42 Å². The van der Waals surface area contributed by atoms with Gasteiger partial charge in [-0.05, 0) is 55.0 Å². The minimum Gasteiger partial charge on any atom is -0.457 e. The minimum atomic E-state index is -3.22. The quantitative estimate of drug-likeness (QED) is 0.526. The van der Waals surface area contributed by atoms with Crippen LogP contribution in [0.5, 0.6) is 11.5 Å². The van der Waals surface area contributed by atoms with E-state index in [1.807, 2.05) is 6.92 Å². The predicted molar refractivity (Wildman–Crippen MR) is 95.5 cm³/mol. The van der Waals surface area contributed by atoms with E-state index in [1.54, 1.807) is 48.5 Å². The molecule has 128 valence electrons. The number of hydrogen-bond acceptors (Lipinski definition) is 4. The zero-order chi connectivity index (χ0) is 17.6. The first-order valence-corrected chi connectivity index (χ1v) is 9.28. The fourth-order valence-electron chi connectivity index (χ4n) is 2.07. The third kappa shape index (κ3) is 4.99. The first-order valence-electron chi connectivity index (χ1n) is 7.62. The molecule has 24 heavy (non-hydrogen) atoms. The smallest absolute Gasteiger partial charge is 0.190 e. The highest BCUT2D eigenvalue weighted by Crippen LogP contribution is 2.24. The van der Waals surface area contributed by atoms with Gasteiger partial charge in [0.2, 0.25) is 0 Å². The van der Waals surface area contributed by atoms with Gasteiger partial charge in [-0.3, -0.25) is 5.41 Å². The summed E-state index contributed by atoms with van der Waals surface area (Å²) in [5.41, 5.74) is 5.94. The van der Waals surface area contributed by atoms with Crippen LogP contribution < -0.4 is 15.8 Å². The second-order valence-electron chi connectivity index (χ2n) is 5.31. The fourth-order valence-corrected chi connectivity index (χ4v) is 3.52. The maximum absolute atomic E-state index is 12.1. The topological polar surface area (TPSA) is 105 Å². The Morgan fingerprint density at radius 1 is 1.08 bits per heavy atom. The van der Waals surface area contributed by atoms with Gasteiger partial charge in [-0.15, -0.1) is 0 Å². The third-order valence-electron chi connectivity index (χ3n) is 3.32. The summed E-state index contributed by atoms with van der Waals surface area (Å²) in [6, 6.07) is 13.3. The highest BCUT2D eigenvalue weighted by molar-refractivity contribution is 7.91. The highest BCUT2D eigenvalue weighted by atomic mass is 32.2. The SMILES string of the molecule is CCCCS(=O)(=O)c1ccc(Oc2ccc(NC(=N)N)cc2)cc1. The monoisotopic (exact) mass is 347 g/mol. The largest absolute Gasteiger partial charge is 0.457 e. The molecule has 0 heterocycles. The average Bonchev–Trinajstić information content (AvgIpc) is 2.55. The molecule has 0 bridgehead atoms. The molecule has 0 saturated carbocycles. The van der Waals surface area contributed by atoms with Gasteiger partial charge in [0.05, 0.1) is 10.6 Å². The summed E-state index contributed by atoms with van der Waals surface area (Å²) in [4.78, 5) is 0.310. The lowest BCUT2D eigenvalue weighted by Gasteiger charge is -2.09. The van der Waals surface area contributed by atoms with Crippen LogP contribution in [0.2, 0.25) is 0 Å². The van der Waals surface area contributed by atoms with Crippen molar-refractivity contribution in [2.24, 2.45) is 5.73 Å². The number of anilines is 1. The molecule has 0 radical (unpaired) electrons. The highest BCUT2D eigenvalue weighted by Gasteiger charge is 2.13. The van der Waals surface area contributed by atoms with Gasteiger partial charge in [0.1, 0.15) is 11.5 Å². The van der Waals surface area contributed by atoms with Crippen LogP contribution in [0.3, 0.4) is 0 Å². The van der Waals surface area contributed by atoms with Gasteiger partial charge >= 0.3 is 0 Å². The summed E-state index contributed by atoms with van der Waals surface area (Å²) in [6.45, 7) is 1.96. The summed E-state index contributed by atoms with van der Waals surface area (Å²) in [7, 11) is -3.22. The first kappa shape index (κ1) is 17.8. The molecular weight excluding hydrogens is 326 g/mol. The molecule has 0 spiro atoms. The summed E-state index contributed by atoms with van der Waals surface area (Å²) in [6.07, 6.45) is 1.50. The van der Waals surface area contributed by atoms with Crippen LogP contribution in [-0.4, -0.2) is 20.1 Å². The van der Waals surface area contributed by atoms with E-state index >= 15 is 0 Å². The van der Waals surface area contributed by atoms with Gasteiger partial charge in [-0.1, -0.05) is 13.3 Å². The van der Waals surface area contributed by atoms with Crippen molar-refractivity contribution in [2.75, 3.05) is 11.1 Å². The number of hydrogen-bond donors (Lipinski definition) is 3. The maximum atomic E-state index is 12.1. The van der Waals surface area contributed by atoms with Gasteiger partial charge in [-0.25, -0.2) is 8.42 Å². The number of ether oxygens (including phenoxy) is 1. The molecule has 0 aliphatic rings. The zero-order valence-corrected chi connectivity index (χ0v) is 14.3. The van der Waals surface area contributed by atoms with Gasteiger partial charge in [0.25, 0.3) is 0 Å². The molecule has 0 atom stereocenters. The van der Waals surface area contributed by atoms with Crippen LogP contribution in [0.1, 0.15) is 19.8 Å². The zero-order valence-electron chi connectivity index (χ0n) is 13.5. The molecule has 2 aromatic rings. The van der Waals surface area contributed by atoms with Crippen LogP contribution >= 0.6 is 0 Å². The Morgan fingerprint density at radius 2 is 1.62 bits per heavy atom. The van der Waals surface area contributed by atoms with Crippen molar-refractivity contribution in [1.29, 1.82) is 5.41 Å². The molecule has 0 fully saturated rings. The summed E-state index contributed by atoms with van der Waals surface area (Å²) in [5.74, 6) is 1.18. The third-order valence-corrected chi connectivity index (χ3v) is 5.14. The number of benzene rings is 2. The summed E-state index contributed by atoms with van der Waals surface area (Å²) >= 11 is 0. The summed E-state index contributed by atoms with van der Waals surface area (Å²) in [5, 5.41) is 9.84. The van der Waals surface area contributed by atoms with Crippen molar-refractivity contribution in [3.8, 4) is 11.5 Å². The number of rotatable bonds is 7. The van der Waals surface area contributed by atoms with E-state index in [2.05, 4.69) is 5.32 Å². The molecular formula is C17H21N3O3S. The van der Waals surface area contributed by atoms with Crippen LogP contribution in [0.4, 0.5) is 5.69 Å². The Balaban J connectivity index is 2.05. The molecule has 0 aromatic heterocycles. The number of guanidine groups is 1. The molecule has 0 saturated heterocycles. The van der Waals surface area contributed by atoms with E-state index in [-0.39, 0.29) is 11.7 Å². The molecule has 2 rings (SSSR count). The number of nitrogens with one attached hydrogen (secondary N) is 2. The Kier molecular flexibility index (Phi) is 5.81. The van der Waals surface area contributed by atoms with Gasteiger partial charge in [0, 0.05) is 5.69 Å². The molecule has 2 aromatic carbocycles. The molecule has 4 N–H and O–H groups in total. The predicted octanol–water partition coefficient (Wildman–Crippen LogP) is 3.36. The second kappa shape index (κ2) is 7.83. The minimum absolute atomic E-state index is 0.136. The van der Waals surface area contributed by atoms with Crippen LogP contribution in [0.25, 0.3) is 0 Å². The van der Waals surface area contributed by atoms with E-state index in [4.69, 9.17) is 15.9 Å². The fraction of sp³-hybridized carbons (Fsp3) is 0.235. The van der Waals surface area contributed by atoms with Crippen LogP contribution in [-0.2, 0) is 9.84 Å². The molecule has 0 aliphatic carbocycles. The van der Waals surface area contributed by atoms with Crippen molar-refractivity contribution in [3.05, 3.63) is 48.5 Å². The van der Waals surface area contributed by atoms with E-state index in [1.165, 1.54) is 0 Å². The average molecular weight is 347 g/mol. The lowest BCUT2D eigenvalue weighted by atomic mass is 10.3. The number of unbranched alkanes of at least 4 members (excludes halogenated alkanes) is 1. The summed E-state index contributed by atoms with van der Waals surface area (Å²) < 4.78 is 29.9. The standard InChI is InChI=1S/C17H21N3O3S/c1-2-3-12-24(21,22)16-10-8-15(9-11-16)23-14-6-4-13(5-7-14)20-17(18)19/h4-11H,2-3,12H2,1H3,(H4,18,19,20). The van der Waals surface area contributed by atoms with Gasteiger partial charge in [-0.2, -0.15) is 0 Å². The Hall–Kier alpha value is -2.54. The second-order valence-corrected chi connectivity index (χ2v) is 7.42. The normalized spacial score (nSPS) is 11.0. The van der Waals surface area contributed by atoms with Crippen LogP contribution in [0, 0.1) is 5.41 Å². The van der Waals surface area contributed by atoms with Gasteiger partial charge in [0.15, 0.2) is 15.8 Å². The lowest BCUT2D eigenvalue weighted by Crippen LogP contribution is -2.20. The lowest BCUT2D eigenvalue weighted by molar-refractivity contribution is 0.482. The van der Waals surface area contributed by atoms with Crippen molar-refractivity contribution in [2.45, 2.75) is 24.7 Å². The maximum Gasteiger partial charge on any atom is 0.190 e. The molecule has 0 aliphatic heterocycles. The molecule has 0 amide bonds. The van der Waals surface area contributed by atoms with Gasteiger partial charge < -0.3 is 15.8 Å². The Bertz CT molecular complexity index is 785. The van der Waals surface area contributed by atoms with Crippen LogP contribution in [0.15, 0.2) is 53.4 Å². The molecule has 6 nitrogen and oxygen atoms in total. The van der Waals surface area contributed by atoms with Crippen molar-refractivity contribution in [3.63, 3.8) is 0 Å². The molecule has 0 unspecified atom stereocenters. The van der Waals surface area contributed by atoms with E-state index in [0.29, 0.717) is 28.5 Å². The van der Waals surface area contributed by atoms with Crippen molar-refractivity contribution in [1.82, 2.24) is 0 Å². The number of nitrogens with two attached hydrogens (primary N) is 1. The first-order chi connectivity index (χ1) is 11.4. The number of sulfone groups is 1. The van der Waals surface area contributed by atoms with Crippen molar-refractivity contribution >= 4 is 21.5 Å². The van der Waals surface area contributed by atoms with E-state index in [0.717, 1.165) is 6.42 Å². The Morgan fingerprint density at radius 3 is 2.12 bits per heavy atom. The van der Waals surface area contributed by atoms with Crippen molar-refractivity contribution < 1.29 is 13.2 Å².